The monoisotopic (exact) mass is 730 g/mol. The first kappa shape index (κ1) is 43.1. The zero-order chi connectivity index (χ0) is 38.3. The number of rotatable bonds is 27. The second kappa shape index (κ2) is 24.9. The third-order valence-electron chi connectivity index (χ3n) is 9.43. The minimum Gasteiger partial charge on any atom is -0.426 e. The molecule has 2 aromatic rings. The maximum atomic E-state index is 14.1. The van der Waals surface area contributed by atoms with Crippen LogP contribution in [0, 0.1) is 0 Å². The van der Waals surface area contributed by atoms with Crippen LogP contribution in [0.5, 0.6) is 11.5 Å². The molecule has 0 atom stereocenters. The summed E-state index contributed by atoms with van der Waals surface area (Å²) in [6.45, 7) is 4.02. The second-order valence-electron chi connectivity index (χ2n) is 14.0. The standard InChI is InChI=1S/C43H62N4O6/c1-3-5-6-7-8-9-10-11-12-13-14-15-16-17-25-37-39(29-47-31-41(49)53-35-24-19-22-33(45)27-35)42(50)36(20-4-2)38(43(37)51)28-46-30-40(48)52-34-23-18-21-32(44)26-34/h18-19,21-24,26-27,46-47H,3-17,20,25,28-31,44-45H2,1-2H3. The van der Waals surface area contributed by atoms with Crippen molar-refractivity contribution in [2.45, 2.75) is 123 Å². The molecule has 0 aliphatic heterocycles. The summed E-state index contributed by atoms with van der Waals surface area (Å²) in [5.41, 5.74) is 14.3. The van der Waals surface area contributed by atoms with Crippen molar-refractivity contribution in [1.82, 2.24) is 10.6 Å². The van der Waals surface area contributed by atoms with Gasteiger partial charge in [0, 0.05) is 58.9 Å². The molecule has 0 radical (unpaired) electrons. The average molecular weight is 731 g/mol. The molecule has 10 nitrogen and oxygen atoms in total. The fourth-order valence-electron chi connectivity index (χ4n) is 6.63. The molecule has 0 aromatic heterocycles. The fraction of sp³-hybridized carbons (Fsp3) is 0.535. The van der Waals surface area contributed by atoms with Crippen molar-refractivity contribution in [3.63, 3.8) is 0 Å². The Bertz CT molecular complexity index is 1550. The van der Waals surface area contributed by atoms with E-state index in [1.165, 1.54) is 64.2 Å². The van der Waals surface area contributed by atoms with Gasteiger partial charge in [-0.3, -0.25) is 19.2 Å². The molecule has 2 aromatic carbocycles. The van der Waals surface area contributed by atoms with Gasteiger partial charge in [-0.25, -0.2) is 0 Å². The van der Waals surface area contributed by atoms with Gasteiger partial charge in [-0.2, -0.15) is 0 Å². The van der Waals surface area contributed by atoms with E-state index in [9.17, 15) is 19.2 Å². The summed E-state index contributed by atoms with van der Waals surface area (Å²) in [5.74, 6) is -0.768. The van der Waals surface area contributed by atoms with E-state index in [0.717, 1.165) is 25.7 Å². The highest BCUT2D eigenvalue weighted by molar-refractivity contribution is 6.25. The molecule has 53 heavy (non-hydrogen) atoms. The van der Waals surface area contributed by atoms with E-state index in [1.54, 1.807) is 48.5 Å². The molecule has 3 rings (SSSR count). The van der Waals surface area contributed by atoms with Gasteiger partial charge < -0.3 is 31.6 Å². The summed E-state index contributed by atoms with van der Waals surface area (Å²) in [7, 11) is 0. The summed E-state index contributed by atoms with van der Waals surface area (Å²) in [5, 5.41) is 6.06. The molecule has 0 fully saturated rings. The highest BCUT2D eigenvalue weighted by Crippen LogP contribution is 2.30. The molecule has 6 N–H and O–H groups in total. The Labute approximate surface area is 316 Å². The van der Waals surface area contributed by atoms with Crippen LogP contribution in [0.1, 0.15) is 123 Å². The van der Waals surface area contributed by atoms with Crippen LogP contribution in [0.3, 0.4) is 0 Å². The quantitative estimate of drug-likeness (QED) is 0.0233. The summed E-state index contributed by atoms with van der Waals surface area (Å²) in [4.78, 5) is 53.3. The molecule has 1 aliphatic rings. The Morgan fingerprint density at radius 2 is 0.925 bits per heavy atom. The van der Waals surface area contributed by atoms with Crippen LogP contribution in [0.4, 0.5) is 11.4 Å². The number of ketones is 2. The molecule has 290 valence electrons. The number of hydrogen-bond donors (Lipinski definition) is 4. The Morgan fingerprint density at radius 1 is 0.528 bits per heavy atom. The largest absolute Gasteiger partial charge is 0.426 e. The number of carbonyl (C=O) groups excluding carboxylic acids is 4. The molecular formula is C43H62N4O6. The fourth-order valence-corrected chi connectivity index (χ4v) is 6.63. The molecule has 0 bridgehead atoms. The first-order valence-electron chi connectivity index (χ1n) is 19.8. The number of carbonyl (C=O) groups is 4. The topological polar surface area (TPSA) is 163 Å². The van der Waals surface area contributed by atoms with Gasteiger partial charge in [-0.1, -0.05) is 116 Å². The van der Waals surface area contributed by atoms with Crippen molar-refractivity contribution in [2.75, 3.05) is 37.6 Å². The maximum absolute atomic E-state index is 14.1. The molecule has 0 saturated heterocycles. The molecule has 10 heteroatoms. The number of nitrogens with two attached hydrogens (primary N) is 2. The van der Waals surface area contributed by atoms with Crippen LogP contribution >= 0.6 is 0 Å². The van der Waals surface area contributed by atoms with E-state index in [0.29, 0.717) is 64.4 Å². The van der Waals surface area contributed by atoms with Gasteiger partial charge in [0.05, 0.1) is 13.1 Å². The lowest BCUT2D eigenvalue weighted by atomic mass is 9.80. The van der Waals surface area contributed by atoms with E-state index >= 15 is 0 Å². The van der Waals surface area contributed by atoms with Gasteiger partial charge >= 0.3 is 11.9 Å². The van der Waals surface area contributed by atoms with Crippen LogP contribution in [0.15, 0.2) is 70.8 Å². The van der Waals surface area contributed by atoms with Crippen LogP contribution in [-0.2, 0) is 19.2 Å². The van der Waals surface area contributed by atoms with Crippen molar-refractivity contribution >= 4 is 34.9 Å². The summed E-state index contributed by atoms with van der Waals surface area (Å²) >= 11 is 0. The molecule has 0 unspecified atom stereocenters. The van der Waals surface area contributed by atoms with Crippen molar-refractivity contribution in [3.05, 3.63) is 70.8 Å². The van der Waals surface area contributed by atoms with E-state index in [-0.39, 0.29) is 37.7 Å². The maximum Gasteiger partial charge on any atom is 0.325 e. The van der Waals surface area contributed by atoms with Gasteiger partial charge in [0.25, 0.3) is 0 Å². The Balaban J connectivity index is 1.59. The van der Waals surface area contributed by atoms with Crippen LogP contribution in [0.2, 0.25) is 0 Å². The molecular weight excluding hydrogens is 668 g/mol. The number of allylic oxidation sites excluding steroid dienone is 2. The molecule has 0 heterocycles. The second-order valence-corrected chi connectivity index (χ2v) is 14.0. The predicted molar refractivity (Wildman–Crippen MR) is 213 cm³/mol. The van der Waals surface area contributed by atoms with Crippen LogP contribution in [0.25, 0.3) is 0 Å². The minimum atomic E-state index is -0.532. The lowest BCUT2D eigenvalue weighted by Gasteiger charge is -2.25. The number of hydrogen-bond acceptors (Lipinski definition) is 10. The Morgan fingerprint density at radius 3 is 1.32 bits per heavy atom. The summed E-state index contributed by atoms with van der Waals surface area (Å²) in [6.07, 6.45) is 18.7. The average Bonchev–Trinajstić information content (AvgIpc) is 3.12. The number of Topliss-reactive ketones (excluding diaryl/α,β-unsaturated/α-hetero) is 2. The first-order chi connectivity index (χ1) is 25.7. The summed E-state index contributed by atoms with van der Waals surface area (Å²) in [6, 6.07) is 13.2. The normalized spacial score (nSPS) is 13.2. The molecule has 0 spiro atoms. The van der Waals surface area contributed by atoms with Crippen molar-refractivity contribution in [3.8, 4) is 11.5 Å². The number of ether oxygens (including phenoxy) is 2. The number of nitrogen functional groups attached to an aromatic ring is 2. The third-order valence-corrected chi connectivity index (χ3v) is 9.43. The molecule has 0 saturated carbocycles. The first-order valence-corrected chi connectivity index (χ1v) is 19.8. The lowest BCUT2D eigenvalue weighted by molar-refractivity contribution is -0.134. The predicted octanol–water partition coefficient (Wildman–Crippen LogP) is 7.96. The van der Waals surface area contributed by atoms with E-state index in [2.05, 4.69) is 17.6 Å². The SMILES string of the molecule is CCCCCCCCCCCCCCCCC1=C(CNCC(=O)Oc2cccc(N)c2)C(=O)C(CCC)=C(CNCC(=O)Oc2cccc(N)c2)C1=O. The van der Waals surface area contributed by atoms with Gasteiger partial charge in [0.1, 0.15) is 11.5 Å². The zero-order valence-electron chi connectivity index (χ0n) is 32.1. The molecule has 1 aliphatic carbocycles. The highest BCUT2D eigenvalue weighted by atomic mass is 16.5. The highest BCUT2D eigenvalue weighted by Gasteiger charge is 2.33. The smallest absolute Gasteiger partial charge is 0.325 e. The minimum absolute atomic E-state index is 0.0570. The number of nitrogens with one attached hydrogen (secondary N) is 2. The van der Waals surface area contributed by atoms with E-state index < -0.39 is 11.9 Å². The number of benzene rings is 2. The van der Waals surface area contributed by atoms with Gasteiger partial charge in [0.15, 0.2) is 11.6 Å². The van der Waals surface area contributed by atoms with Gasteiger partial charge in [-0.15, -0.1) is 0 Å². The third kappa shape index (κ3) is 16.1. The van der Waals surface area contributed by atoms with E-state index in [1.807, 2.05) is 6.92 Å². The Kier molecular flexibility index (Phi) is 20.2. The van der Waals surface area contributed by atoms with Gasteiger partial charge in [0.2, 0.25) is 0 Å². The van der Waals surface area contributed by atoms with E-state index in [4.69, 9.17) is 20.9 Å². The molecule has 0 amide bonds. The Hall–Kier alpha value is -4.28. The van der Waals surface area contributed by atoms with Crippen molar-refractivity contribution in [1.29, 1.82) is 0 Å². The van der Waals surface area contributed by atoms with Crippen LogP contribution in [-0.4, -0.2) is 49.7 Å². The number of anilines is 2. The zero-order valence-corrected chi connectivity index (χ0v) is 32.1. The van der Waals surface area contributed by atoms with Crippen molar-refractivity contribution in [2.24, 2.45) is 0 Å². The number of esters is 2. The van der Waals surface area contributed by atoms with Crippen LogP contribution < -0.4 is 31.6 Å². The lowest BCUT2D eigenvalue weighted by Crippen LogP contribution is -2.37. The van der Waals surface area contributed by atoms with Crippen molar-refractivity contribution < 1.29 is 28.7 Å². The number of unbranched alkanes of at least 4 members (excludes halogenated alkanes) is 13. The van der Waals surface area contributed by atoms with Gasteiger partial charge in [-0.05, 0) is 43.5 Å². The summed E-state index contributed by atoms with van der Waals surface area (Å²) < 4.78 is 10.8.